The standard InChI is InChI=1S/C10H19N3O4/c1-4-13(6(2)3)10(17)12-7(9(15)16)5-8(11)14/h6-7H,4-5H2,1-3H3,(H2,11,14)(H,12,17)(H,15,16)/t7-/m1/s1. The molecule has 98 valence electrons. The number of amides is 3. The molecule has 0 aliphatic carbocycles. The molecule has 0 unspecified atom stereocenters. The van der Waals surface area contributed by atoms with Gasteiger partial charge in [-0.1, -0.05) is 0 Å². The number of carboxylic acids is 1. The first-order valence-electron chi connectivity index (χ1n) is 5.37. The number of aliphatic carboxylic acids is 1. The van der Waals surface area contributed by atoms with Gasteiger partial charge in [0.05, 0.1) is 6.42 Å². The molecule has 0 bridgehead atoms. The van der Waals surface area contributed by atoms with Crippen molar-refractivity contribution in [2.24, 2.45) is 5.73 Å². The van der Waals surface area contributed by atoms with E-state index < -0.39 is 30.4 Å². The van der Waals surface area contributed by atoms with E-state index >= 15 is 0 Å². The maximum absolute atomic E-state index is 11.7. The maximum atomic E-state index is 11.7. The monoisotopic (exact) mass is 245 g/mol. The van der Waals surface area contributed by atoms with Crippen LogP contribution in [0.1, 0.15) is 27.2 Å². The van der Waals surface area contributed by atoms with Crippen LogP contribution in [0.4, 0.5) is 4.79 Å². The van der Waals surface area contributed by atoms with E-state index in [1.807, 2.05) is 13.8 Å². The molecule has 0 saturated carbocycles. The molecule has 17 heavy (non-hydrogen) atoms. The molecule has 0 heterocycles. The topological polar surface area (TPSA) is 113 Å². The van der Waals surface area contributed by atoms with Gasteiger partial charge in [0.15, 0.2) is 0 Å². The number of primary amides is 1. The number of nitrogens with zero attached hydrogens (tertiary/aromatic N) is 1. The van der Waals surface area contributed by atoms with Gasteiger partial charge in [0.2, 0.25) is 5.91 Å². The summed E-state index contributed by atoms with van der Waals surface area (Å²) in [5, 5.41) is 11.1. The molecule has 0 aromatic heterocycles. The van der Waals surface area contributed by atoms with Gasteiger partial charge in [-0.05, 0) is 20.8 Å². The predicted molar refractivity (Wildman–Crippen MR) is 61.3 cm³/mol. The highest BCUT2D eigenvalue weighted by Gasteiger charge is 2.25. The number of hydrogen-bond acceptors (Lipinski definition) is 3. The number of carbonyl (C=O) groups excluding carboxylic acids is 2. The molecule has 0 aromatic carbocycles. The zero-order valence-corrected chi connectivity index (χ0v) is 10.3. The molecule has 0 fully saturated rings. The van der Waals surface area contributed by atoms with E-state index in [1.54, 1.807) is 6.92 Å². The molecule has 0 spiro atoms. The van der Waals surface area contributed by atoms with Crippen LogP contribution in [0.5, 0.6) is 0 Å². The number of carboxylic acid groups (broad SMARTS) is 1. The number of urea groups is 1. The van der Waals surface area contributed by atoms with Crippen LogP contribution in [0.25, 0.3) is 0 Å². The molecular weight excluding hydrogens is 226 g/mol. The lowest BCUT2D eigenvalue weighted by atomic mass is 10.2. The minimum atomic E-state index is -1.28. The van der Waals surface area contributed by atoms with Crippen molar-refractivity contribution < 1.29 is 19.5 Å². The highest BCUT2D eigenvalue weighted by Crippen LogP contribution is 2.00. The fraction of sp³-hybridized carbons (Fsp3) is 0.700. The molecular formula is C10H19N3O4. The van der Waals surface area contributed by atoms with E-state index in [4.69, 9.17) is 10.8 Å². The van der Waals surface area contributed by atoms with Crippen molar-refractivity contribution in [3.8, 4) is 0 Å². The van der Waals surface area contributed by atoms with Gasteiger partial charge in [0.1, 0.15) is 6.04 Å². The second kappa shape index (κ2) is 6.72. The maximum Gasteiger partial charge on any atom is 0.326 e. The Kier molecular flexibility index (Phi) is 6.01. The summed E-state index contributed by atoms with van der Waals surface area (Å²) in [4.78, 5) is 34.6. The summed E-state index contributed by atoms with van der Waals surface area (Å²) in [6, 6.07) is -1.85. The molecule has 3 amide bonds. The Hall–Kier alpha value is -1.79. The van der Waals surface area contributed by atoms with E-state index in [1.165, 1.54) is 4.90 Å². The lowest BCUT2D eigenvalue weighted by molar-refractivity contribution is -0.141. The van der Waals surface area contributed by atoms with Gasteiger partial charge in [-0.3, -0.25) is 4.79 Å². The van der Waals surface area contributed by atoms with Gasteiger partial charge >= 0.3 is 12.0 Å². The van der Waals surface area contributed by atoms with E-state index in [0.717, 1.165) is 0 Å². The summed E-state index contributed by atoms with van der Waals surface area (Å²) < 4.78 is 0. The Labute approximate surface area is 100.0 Å². The van der Waals surface area contributed by atoms with Crippen molar-refractivity contribution in [1.82, 2.24) is 10.2 Å². The molecule has 0 saturated heterocycles. The summed E-state index contributed by atoms with van der Waals surface area (Å²) in [6.07, 6.45) is -0.420. The molecule has 4 N–H and O–H groups in total. The van der Waals surface area contributed by atoms with E-state index in [-0.39, 0.29) is 6.04 Å². The fourth-order valence-electron chi connectivity index (χ4n) is 1.38. The summed E-state index contributed by atoms with van der Waals surface area (Å²) in [6.45, 7) is 5.86. The van der Waals surface area contributed by atoms with E-state index in [9.17, 15) is 14.4 Å². The summed E-state index contributed by atoms with van der Waals surface area (Å²) in [5.41, 5.74) is 4.91. The second-order valence-electron chi connectivity index (χ2n) is 3.89. The summed E-state index contributed by atoms with van der Waals surface area (Å²) in [5.74, 6) is -2.05. The Morgan fingerprint density at radius 3 is 2.18 bits per heavy atom. The molecule has 0 rings (SSSR count). The highest BCUT2D eigenvalue weighted by molar-refractivity contribution is 5.87. The molecule has 7 heteroatoms. The number of hydrogen-bond donors (Lipinski definition) is 3. The van der Waals surface area contributed by atoms with Crippen molar-refractivity contribution in [2.45, 2.75) is 39.3 Å². The van der Waals surface area contributed by atoms with Crippen molar-refractivity contribution in [3.05, 3.63) is 0 Å². The quantitative estimate of drug-likeness (QED) is 0.599. The zero-order valence-electron chi connectivity index (χ0n) is 10.3. The van der Waals surface area contributed by atoms with E-state index in [2.05, 4.69) is 5.32 Å². The first kappa shape index (κ1) is 15.2. The van der Waals surface area contributed by atoms with Crippen molar-refractivity contribution in [3.63, 3.8) is 0 Å². The second-order valence-corrected chi connectivity index (χ2v) is 3.89. The average Bonchev–Trinajstić information content (AvgIpc) is 2.15. The first-order valence-corrected chi connectivity index (χ1v) is 5.37. The Bertz CT molecular complexity index is 304. The third kappa shape index (κ3) is 5.19. The molecule has 0 aliphatic heterocycles. The van der Waals surface area contributed by atoms with Gasteiger partial charge in [-0.25, -0.2) is 9.59 Å². The first-order chi connectivity index (χ1) is 7.79. The van der Waals surface area contributed by atoms with Crippen LogP contribution >= 0.6 is 0 Å². The molecule has 7 nitrogen and oxygen atoms in total. The third-order valence-corrected chi connectivity index (χ3v) is 2.23. The zero-order chi connectivity index (χ0) is 13.6. The van der Waals surface area contributed by atoms with Crippen LogP contribution in [-0.2, 0) is 9.59 Å². The Balaban J connectivity index is 4.59. The average molecular weight is 245 g/mol. The molecule has 0 radical (unpaired) electrons. The van der Waals surface area contributed by atoms with Gasteiger partial charge < -0.3 is 21.1 Å². The smallest absolute Gasteiger partial charge is 0.326 e. The minimum absolute atomic E-state index is 0.0528. The number of nitrogens with two attached hydrogens (primary N) is 1. The number of carbonyl (C=O) groups is 3. The molecule has 0 aliphatic rings. The van der Waals surface area contributed by atoms with Crippen molar-refractivity contribution >= 4 is 17.9 Å². The van der Waals surface area contributed by atoms with Crippen LogP contribution < -0.4 is 11.1 Å². The largest absolute Gasteiger partial charge is 0.480 e. The number of nitrogens with one attached hydrogen (secondary N) is 1. The van der Waals surface area contributed by atoms with Crippen LogP contribution in [0.3, 0.4) is 0 Å². The van der Waals surface area contributed by atoms with Crippen molar-refractivity contribution in [1.29, 1.82) is 0 Å². The lowest BCUT2D eigenvalue weighted by Crippen LogP contribution is -2.51. The van der Waals surface area contributed by atoms with Crippen molar-refractivity contribution in [2.75, 3.05) is 6.54 Å². The SMILES string of the molecule is CCN(C(=O)N[C@H](CC(N)=O)C(=O)O)C(C)C. The van der Waals surface area contributed by atoms with E-state index in [0.29, 0.717) is 6.54 Å². The van der Waals surface area contributed by atoms with Crippen LogP contribution in [0.2, 0.25) is 0 Å². The minimum Gasteiger partial charge on any atom is -0.480 e. The molecule has 1 atom stereocenters. The summed E-state index contributed by atoms with van der Waals surface area (Å²) >= 11 is 0. The van der Waals surface area contributed by atoms with Gasteiger partial charge in [-0.15, -0.1) is 0 Å². The lowest BCUT2D eigenvalue weighted by Gasteiger charge is -2.26. The molecule has 0 aromatic rings. The fourth-order valence-corrected chi connectivity index (χ4v) is 1.38. The van der Waals surface area contributed by atoms with Gasteiger partial charge in [0.25, 0.3) is 0 Å². The Morgan fingerprint density at radius 2 is 1.88 bits per heavy atom. The summed E-state index contributed by atoms with van der Waals surface area (Å²) in [7, 11) is 0. The van der Waals surface area contributed by atoms with Gasteiger partial charge in [-0.2, -0.15) is 0 Å². The Morgan fingerprint density at radius 1 is 1.35 bits per heavy atom. The highest BCUT2D eigenvalue weighted by atomic mass is 16.4. The third-order valence-electron chi connectivity index (χ3n) is 2.23. The van der Waals surface area contributed by atoms with Gasteiger partial charge in [0, 0.05) is 12.6 Å². The predicted octanol–water partition coefficient (Wildman–Crippen LogP) is -0.245. The van der Waals surface area contributed by atoms with Crippen LogP contribution in [0, 0.1) is 0 Å². The normalized spacial score (nSPS) is 12.0. The van der Waals surface area contributed by atoms with Crippen LogP contribution in [0.15, 0.2) is 0 Å². The number of rotatable bonds is 6. The van der Waals surface area contributed by atoms with Crippen LogP contribution in [-0.4, -0.2) is 46.5 Å².